The average Bonchev–Trinajstić information content (AvgIpc) is 2.52. The van der Waals surface area contributed by atoms with Gasteiger partial charge in [0.25, 0.3) is 0 Å². The SMILES string of the molecule is CC(O)CNC1CC(C)NC(NC(=O)NC2CCC(C(F)(F)F)CC2)N1. The second kappa shape index (κ2) is 9.20. The molecule has 6 N–H and O–H groups in total. The third-order valence-electron chi connectivity index (χ3n) is 4.87. The summed E-state index contributed by atoms with van der Waals surface area (Å²) in [5.41, 5.74) is 0. The Morgan fingerprint density at radius 1 is 1.19 bits per heavy atom. The molecule has 4 atom stereocenters. The molecule has 1 aliphatic heterocycles. The first-order valence-electron chi connectivity index (χ1n) is 9.20. The summed E-state index contributed by atoms with van der Waals surface area (Å²) < 4.78 is 38.1. The number of halogens is 3. The van der Waals surface area contributed by atoms with Gasteiger partial charge >= 0.3 is 12.2 Å². The minimum atomic E-state index is -4.15. The molecule has 0 bridgehead atoms. The first-order valence-corrected chi connectivity index (χ1v) is 9.20. The number of rotatable bonds is 5. The highest BCUT2D eigenvalue weighted by atomic mass is 19.4. The number of amides is 2. The topological polar surface area (TPSA) is 97.5 Å². The van der Waals surface area contributed by atoms with Gasteiger partial charge in [-0.3, -0.25) is 16.0 Å². The van der Waals surface area contributed by atoms with E-state index < -0.39 is 30.5 Å². The fourth-order valence-corrected chi connectivity index (χ4v) is 3.49. The summed E-state index contributed by atoms with van der Waals surface area (Å²) in [5, 5.41) is 24.4. The Hall–Kier alpha value is -1.10. The maximum atomic E-state index is 12.7. The van der Waals surface area contributed by atoms with Crippen LogP contribution in [0.2, 0.25) is 0 Å². The van der Waals surface area contributed by atoms with Crippen LogP contribution >= 0.6 is 0 Å². The van der Waals surface area contributed by atoms with Gasteiger partial charge in [0.2, 0.25) is 0 Å². The van der Waals surface area contributed by atoms with Crippen molar-refractivity contribution in [2.45, 2.75) is 82.8 Å². The Labute approximate surface area is 151 Å². The molecule has 7 nitrogen and oxygen atoms in total. The zero-order valence-electron chi connectivity index (χ0n) is 15.2. The molecule has 1 saturated heterocycles. The molecule has 1 saturated carbocycles. The summed E-state index contributed by atoms with van der Waals surface area (Å²) in [4.78, 5) is 12.2. The summed E-state index contributed by atoms with van der Waals surface area (Å²) in [7, 11) is 0. The van der Waals surface area contributed by atoms with Crippen LogP contribution in [0.25, 0.3) is 0 Å². The van der Waals surface area contributed by atoms with Crippen molar-refractivity contribution in [3.05, 3.63) is 0 Å². The molecule has 0 spiro atoms. The van der Waals surface area contributed by atoms with Gasteiger partial charge in [-0.05, 0) is 46.0 Å². The number of carbonyl (C=O) groups excluding carboxylic acids is 1. The number of hydrogen-bond donors (Lipinski definition) is 6. The highest BCUT2D eigenvalue weighted by Gasteiger charge is 2.41. The molecular formula is C16H30F3N5O2. The summed E-state index contributed by atoms with van der Waals surface area (Å²) in [6, 6.07) is -0.497. The largest absolute Gasteiger partial charge is 0.392 e. The maximum absolute atomic E-state index is 12.7. The Kier molecular flexibility index (Phi) is 7.51. The molecule has 0 aromatic carbocycles. The summed E-state index contributed by atoms with van der Waals surface area (Å²) in [6.07, 6.45) is -3.58. The molecule has 2 rings (SSSR count). The van der Waals surface area contributed by atoms with Gasteiger partial charge in [-0.2, -0.15) is 13.2 Å². The van der Waals surface area contributed by atoms with E-state index in [1.807, 2.05) is 6.92 Å². The number of aliphatic hydroxyl groups excluding tert-OH is 1. The molecule has 10 heteroatoms. The zero-order chi connectivity index (χ0) is 19.3. The number of urea groups is 1. The molecule has 4 unspecified atom stereocenters. The smallest absolute Gasteiger partial charge is 0.391 e. The molecule has 0 radical (unpaired) electrons. The Morgan fingerprint density at radius 3 is 2.42 bits per heavy atom. The maximum Gasteiger partial charge on any atom is 0.391 e. The van der Waals surface area contributed by atoms with Crippen molar-refractivity contribution in [3.8, 4) is 0 Å². The minimum Gasteiger partial charge on any atom is -0.392 e. The molecule has 1 aliphatic carbocycles. The lowest BCUT2D eigenvalue weighted by molar-refractivity contribution is -0.182. The van der Waals surface area contributed by atoms with Gasteiger partial charge in [-0.1, -0.05) is 0 Å². The van der Waals surface area contributed by atoms with Crippen LogP contribution in [0.1, 0.15) is 46.0 Å². The molecule has 2 fully saturated rings. The van der Waals surface area contributed by atoms with Gasteiger partial charge in [-0.25, -0.2) is 4.79 Å². The van der Waals surface area contributed by atoms with E-state index in [1.54, 1.807) is 6.92 Å². The lowest BCUT2D eigenvalue weighted by Gasteiger charge is -2.37. The molecule has 1 heterocycles. The normalized spacial score (nSPS) is 34.2. The third kappa shape index (κ3) is 6.90. The first-order chi connectivity index (χ1) is 12.1. The van der Waals surface area contributed by atoms with Crippen LogP contribution in [0.15, 0.2) is 0 Å². The van der Waals surface area contributed by atoms with E-state index in [2.05, 4.69) is 26.6 Å². The van der Waals surface area contributed by atoms with Crippen LogP contribution < -0.4 is 26.6 Å². The molecule has 2 amide bonds. The van der Waals surface area contributed by atoms with Gasteiger partial charge in [0.05, 0.1) is 18.2 Å². The highest BCUT2D eigenvalue weighted by molar-refractivity contribution is 5.74. The molecule has 152 valence electrons. The predicted molar refractivity (Wildman–Crippen MR) is 91.1 cm³/mol. The second-order valence-electron chi connectivity index (χ2n) is 7.42. The van der Waals surface area contributed by atoms with Crippen LogP contribution in [0, 0.1) is 5.92 Å². The first kappa shape index (κ1) is 21.2. The van der Waals surface area contributed by atoms with Crippen molar-refractivity contribution < 1.29 is 23.1 Å². The van der Waals surface area contributed by atoms with Gasteiger partial charge in [0, 0.05) is 18.6 Å². The lowest BCUT2D eigenvalue weighted by atomic mass is 9.86. The van der Waals surface area contributed by atoms with Crippen LogP contribution in [0.3, 0.4) is 0 Å². The fourth-order valence-electron chi connectivity index (χ4n) is 3.49. The van der Waals surface area contributed by atoms with E-state index in [0.717, 1.165) is 6.42 Å². The zero-order valence-corrected chi connectivity index (χ0v) is 15.2. The van der Waals surface area contributed by atoms with Gasteiger partial charge in [-0.15, -0.1) is 0 Å². The number of nitrogens with one attached hydrogen (secondary N) is 5. The number of carbonyl (C=O) groups is 1. The highest BCUT2D eigenvalue weighted by Crippen LogP contribution is 2.37. The lowest BCUT2D eigenvalue weighted by Crippen LogP contribution is -2.68. The van der Waals surface area contributed by atoms with Crippen molar-refractivity contribution in [1.82, 2.24) is 26.6 Å². The summed E-state index contributed by atoms with van der Waals surface area (Å²) >= 11 is 0. The monoisotopic (exact) mass is 381 g/mol. The van der Waals surface area contributed by atoms with Gasteiger partial charge < -0.3 is 15.7 Å². The predicted octanol–water partition coefficient (Wildman–Crippen LogP) is 0.958. The van der Waals surface area contributed by atoms with Crippen molar-refractivity contribution >= 4 is 6.03 Å². The Morgan fingerprint density at radius 2 is 1.85 bits per heavy atom. The van der Waals surface area contributed by atoms with Crippen molar-refractivity contribution in [2.75, 3.05) is 6.54 Å². The van der Waals surface area contributed by atoms with E-state index in [1.165, 1.54) is 0 Å². The quantitative estimate of drug-likeness (QED) is 0.426. The standard InChI is InChI=1S/C16H30F3N5O2/c1-9-7-13(20-8-10(2)25)23-14(21-9)24-15(26)22-12-5-3-11(4-6-12)16(17,18)19/h9-14,20-21,23,25H,3-8H2,1-2H3,(H2,22,24,26). The molecule has 26 heavy (non-hydrogen) atoms. The van der Waals surface area contributed by atoms with E-state index in [-0.39, 0.29) is 31.1 Å². The van der Waals surface area contributed by atoms with E-state index in [0.29, 0.717) is 19.4 Å². The number of hydrogen-bond acceptors (Lipinski definition) is 5. The van der Waals surface area contributed by atoms with Gasteiger partial charge in [0.15, 0.2) is 0 Å². The van der Waals surface area contributed by atoms with E-state index in [4.69, 9.17) is 0 Å². The van der Waals surface area contributed by atoms with Crippen molar-refractivity contribution in [2.24, 2.45) is 5.92 Å². The van der Waals surface area contributed by atoms with E-state index in [9.17, 15) is 23.1 Å². The minimum absolute atomic E-state index is 0.0523. The van der Waals surface area contributed by atoms with Crippen LogP contribution in [0.5, 0.6) is 0 Å². The van der Waals surface area contributed by atoms with Crippen molar-refractivity contribution in [3.63, 3.8) is 0 Å². The summed E-state index contributed by atoms with van der Waals surface area (Å²) in [5.74, 6) is -1.26. The van der Waals surface area contributed by atoms with Crippen LogP contribution in [0.4, 0.5) is 18.0 Å². The third-order valence-corrected chi connectivity index (χ3v) is 4.87. The second-order valence-corrected chi connectivity index (χ2v) is 7.42. The molecule has 2 aliphatic rings. The Balaban J connectivity index is 1.73. The van der Waals surface area contributed by atoms with Crippen molar-refractivity contribution in [1.29, 1.82) is 0 Å². The molecular weight excluding hydrogens is 351 g/mol. The number of alkyl halides is 3. The molecule has 0 aromatic rings. The fraction of sp³-hybridized carbons (Fsp3) is 0.938. The van der Waals surface area contributed by atoms with Crippen LogP contribution in [-0.2, 0) is 0 Å². The van der Waals surface area contributed by atoms with Gasteiger partial charge in [0.1, 0.15) is 6.29 Å². The summed E-state index contributed by atoms with van der Waals surface area (Å²) in [6.45, 7) is 4.11. The van der Waals surface area contributed by atoms with Crippen LogP contribution in [-0.4, -0.2) is 54.5 Å². The Bertz CT molecular complexity index is 456. The van der Waals surface area contributed by atoms with E-state index >= 15 is 0 Å². The average molecular weight is 381 g/mol. The molecule has 0 aromatic heterocycles. The number of aliphatic hydroxyl groups is 1.